The number of rotatable bonds is 4. The maximum atomic E-state index is 14.8. The summed E-state index contributed by atoms with van der Waals surface area (Å²) in [5.41, 5.74) is 0. The average Bonchev–Trinajstić information content (AvgIpc) is 2.15. The Morgan fingerprint density at radius 1 is 0.588 bits per heavy atom. The van der Waals surface area contributed by atoms with Crippen LogP contribution in [-0.2, 0) is 0 Å². The molecule has 104 valence electrons. The van der Waals surface area contributed by atoms with Gasteiger partial charge in [-0.05, 0) is 61.6 Å². The number of halogens is 2. The summed E-state index contributed by atoms with van der Waals surface area (Å²) in [6, 6.07) is 0. The molecule has 0 saturated carbocycles. The third kappa shape index (κ3) is 3.65. The highest BCUT2D eigenvalue weighted by atomic mass is 31.2. The maximum Gasteiger partial charge on any atom is 0.228 e. The van der Waals surface area contributed by atoms with Crippen molar-refractivity contribution in [1.29, 1.82) is 0 Å². The third-order valence-electron chi connectivity index (χ3n) is 2.37. The lowest BCUT2D eigenvalue weighted by Gasteiger charge is -2.32. The molecule has 0 N–H and O–H groups in total. The lowest BCUT2D eigenvalue weighted by molar-refractivity contribution is 0.508. The van der Waals surface area contributed by atoms with Gasteiger partial charge in [0.25, 0.3) is 0 Å². The predicted octanol–water partition coefficient (Wildman–Crippen LogP) is 2.33. The van der Waals surface area contributed by atoms with Gasteiger partial charge in [0.05, 0.1) is 0 Å². The SMILES string of the molecule is CN(C)P(F)(=C=P(F)(N(C)C)N(C)C)N(C)C. The molecule has 17 heavy (non-hydrogen) atoms. The summed E-state index contributed by atoms with van der Waals surface area (Å²) in [4.78, 5) is 0. The highest BCUT2D eigenvalue weighted by Gasteiger charge is 2.29. The van der Waals surface area contributed by atoms with E-state index < -0.39 is 15.0 Å². The molecular weight excluding hydrogens is 264 g/mol. The molecule has 0 aliphatic heterocycles. The molecule has 0 unspecified atom stereocenters. The van der Waals surface area contributed by atoms with Gasteiger partial charge in [0.1, 0.15) is 0 Å². The van der Waals surface area contributed by atoms with Crippen LogP contribution < -0.4 is 0 Å². The normalized spacial score (nSPS) is 14.0. The first kappa shape index (κ1) is 17.3. The zero-order chi connectivity index (χ0) is 14.0. The topological polar surface area (TPSA) is 13.0 Å². The van der Waals surface area contributed by atoms with Crippen LogP contribution in [0.15, 0.2) is 0 Å². The fourth-order valence-corrected chi connectivity index (χ4v) is 6.82. The van der Waals surface area contributed by atoms with Crippen LogP contribution in [0.4, 0.5) is 8.39 Å². The molecule has 0 heterocycles. The zero-order valence-electron chi connectivity index (χ0n) is 11.9. The molecule has 0 saturated heterocycles. The molecule has 0 radical (unpaired) electrons. The van der Waals surface area contributed by atoms with E-state index >= 15 is 0 Å². The van der Waals surface area contributed by atoms with Crippen LogP contribution in [0.3, 0.4) is 0 Å². The monoisotopic (exact) mass is 288 g/mol. The minimum atomic E-state index is -3.33. The minimum absolute atomic E-state index is 1.41. The van der Waals surface area contributed by atoms with E-state index in [0.29, 0.717) is 0 Å². The van der Waals surface area contributed by atoms with Gasteiger partial charge in [-0.15, -0.1) is 0 Å². The number of hydrogen-bond donors (Lipinski definition) is 0. The molecule has 0 aromatic rings. The van der Waals surface area contributed by atoms with Gasteiger partial charge in [-0.25, -0.2) is 18.7 Å². The summed E-state index contributed by atoms with van der Waals surface area (Å²) in [7, 11) is 6.19. The third-order valence-corrected chi connectivity index (χ3v) is 8.65. The smallest absolute Gasteiger partial charge is 0.228 e. The number of nitrogens with zero attached hydrogens (tertiary/aromatic N) is 4. The van der Waals surface area contributed by atoms with Gasteiger partial charge in [0.15, 0.2) is 0 Å². The quantitative estimate of drug-likeness (QED) is 0.736. The number of hydrogen-bond acceptors (Lipinski definition) is 4. The van der Waals surface area contributed by atoms with Crippen LogP contribution in [-0.4, -0.2) is 80.2 Å². The molecule has 0 rings (SSSR count). The van der Waals surface area contributed by atoms with Gasteiger partial charge < -0.3 is 0 Å². The van der Waals surface area contributed by atoms with Crippen LogP contribution >= 0.6 is 15.0 Å². The maximum absolute atomic E-state index is 14.8. The first-order valence-electron chi connectivity index (χ1n) is 5.16. The van der Waals surface area contributed by atoms with Crippen molar-refractivity contribution in [1.82, 2.24) is 18.7 Å². The van der Waals surface area contributed by atoms with Gasteiger partial charge in [-0.2, -0.15) is 8.39 Å². The van der Waals surface area contributed by atoms with E-state index in [-0.39, 0.29) is 0 Å². The summed E-state index contributed by atoms with van der Waals surface area (Å²) in [5.74, 6) is 0. The molecular formula is C9H24F2N4P2. The summed E-state index contributed by atoms with van der Waals surface area (Å²) in [6.07, 6.45) is 0. The molecule has 0 bridgehead atoms. The second-order valence-electron chi connectivity index (χ2n) is 4.54. The second-order valence-corrected chi connectivity index (χ2v) is 10.6. The Labute approximate surface area is 104 Å². The summed E-state index contributed by atoms with van der Waals surface area (Å²) in [5, 5.41) is 2.60. The highest BCUT2D eigenvalue weighted by molar-refractivity contribution is 7.79. The van der Waals surface area contributed by atoms with Gasteiger partial charge in [0.2, 0.25) is 15.0 Å². The Balaban J connectivity index is 6.36. The Morgan fingerprint density at radius 3 is 0.882 bits per heavy atom. The lowest BCUT2D eigenvalue weighted by atomic mass is 11.3. The van der Waals surface area contributed by atoms with Gasteiger partial charge in [-0.1, -0.05) is 0 Å². The summed E-state index contributed by atoms with van der Waals surface area (Å²) >= 11 is 0. The molecule has 0 fully saturated rings. The van der Waals surface area contributed by atoms with Crippen molar-refractivity contribution < 1.29 is 8.39 Å². The molecule has 0 spiro atoms. The van der Waals surface area contributed by atoms with Gasteiger partial charge >= 0.3 is 0 Å². The van der Waals surface area contributed by atoms with Crippen LogP contribution in [0.2, 0.25) is 0 Å². The Bertz CT molecular complexity index is 317. The van der Waals surface area contributed by atoms with Crippen molar-refractivity contribution in [3.63, 3.8) is 0 Å². The molecule has 0 atom stereocenters. The second kappa shape index (κ2) is 5.99. The van der Waals surface area contributed by atoms with Crippen molar-refractivity contribution in [2.45, 2.75) is 0 Å². The fraction of sp³-hybridized carbons (Fsp3) is 0.889. The lowest BCUT2D eigenvalue weighted by Crippen LogP contribution is -2.22. The van der Waals surface area contributed by atoms with E-state index in [9.17, 15) is 8.39 Å². The predicted molar refractivity (Wildman–Crippen MR) is 75.8 cm³/mol. The Morgan fingerprint density at radius 2 is 0.765 bits per heavy atom. The van der Waals surface area contributed by atoms with Crippen molar-refractivity contribution in [2.75, 3.05) is 56.4 Å². The molecule has 0 aliphatic carbocycles. The van der Waals surface area contributed by atoms with Crippen molar-refractivity contribution >= 4 is 20.2 Å². The van der Waals surface area contributed by atoms with Crippen LogP contribution in [0, 0.1) is 0 Å². The molecule has 4 nitrogen and oxygen atoms in total. The standard InChI is InChI=1S/C9H24F2N4P2/c1-12(2)16(10,13(3)4)9-17(11,14(5)6)15(7)8/h1-8H3. The van der Waals surface area contributed by atoms with E-state index in [1.165, 1.54) is 18.7 Å². The average molecular weight is 288 g/mol. The Kier molecular flexibility index (Phi) is 6.11. The van der Waals surface area contributed by atoms with E-state index in [4.69, 9.17) is 0 Å². The molecule has 0 amide bonds. The molecule has 8 heteroatoms. The zero-order valence-corrected chi connectivity index (χ0v) is 13.7. The van der Waals surface area contributed by atoms with Crippen molar-refractivity contribution in [2.24, 2.45) is 0 Å². The molecule has 0 aliphatic rings. The van der Waals surface area contributed by atoms with Crippen LogP contribution in [0.1, 0.15) is 0 Å². The van der Waals surface area contributed by atoms with Crippen LogP contribution in [0.25, 0.3) is 0 Å². The molecule has 0 aromatic carbocycles. The fourth-order valence-electron chi connectivity index (χ4n) is 1.24. The van der Waals surface area contributed by atoms with E-state index in [1.54, 1.807) is 56.4 Å². The van der Waals surface area contributed by atoms with Gasteiger partial charge in [0, 0.05) is 0 Å². The molecule has 0 aromatic heterocycles. The Hall–Kier alpha value is 0.340. The van der Waals surface area contributed by atoms with E-state index in [2.05, 4.69) is 5.17 Å². The van der Waals surface area contributed by atoms with E-state index in [1.807, 2.05) is 0 Å². The van der Waals surface area contributed by atoms with Crippen molar-refractivity contribution in [3.8, 4) is 0 Å². The summed E-state index contributed by atoms with van der Waals surface area (Å²) in [6.45, 7) is 0. The first-order chi connectivity index (χ1) is 7.48. The largest absolute Gasteiger partial charge is 0.247 e. The van der Waals surface area contributed by atoms with Crippen LogP contribution in [0.5, 0.6) is 0 Å². The van der Waals surface area contributed by atoms with Crippen molar-refractivity contribution in [3.05, 3.63) is 0 Å². The summed E-state index contributed by atoms with van der Waals surface area (Å²) < 4.78 is 35.3. The van der Waals surface area contributed by atoms with Gasteiger partial charge in [-0.3, -0.25) is 0 Å². The minimum Gasteiger partial charge on any atom is -0.247 e. The van der Waals surface area contributed by atoms with E-state index in [0.717, 1.165) is 0 Å². The highest BCUT2D eigenvalue weighted by Crippen LogP contribution is 2.59. The first-order valence-corrected chi connectivity index (χ1v) is 8.33.